The van der Waals surface area contributed by atoms with Crippen molar-refractivity contribution in [2.45, 2.75) is 102 Å². The van der Waals surface area contributed by atoms with Gasteiger partial charge in [0.05, 0.1) is 0 Å². The third-order valence-electron chi connectivity index (χ3n) is 3.87. The summed E-state index contributed by atoms with van der Waals surface area (Å²) in [6.45, 7) is 17.4. The van der Waals surface area contributed by atoms with Crippen LogP contribution in [0.3, 0.4) is 0 Å². The predicted octanol–water partition coefficient (Wildman–Crippen LogP) is 8.54. The van der Waals surface area contributed by atoms with Crippen molar-refractivity contribution in [2.75, 3.05) is 0 Å². The number of hydrogen-bond donors (Lipinski definition) is 0. The topological polar surface area (TPSA) is 0 Å². The van der Waals surface area contributed by atoms with Crippen molar-refractivity contribution < 1.29 is 16.5 Å². The standard InChI is InChI=1S/2C10H20S4.Ni/c2*1-5-7(3)13-9(11)10(12)14-8(4)6-2;/h2*7-8,11-12H,5-6H2,1-4H3;/p-4/b2*10-9-;. The molecule has 0 aliphatic heterocycles. The fourth-order valence-electron chi connectivity index (χ4n) is 1.26. The predicted molar refractivity (Wildman–Crippen MR) is 153 cm³/mol. The van der Waals surface area contributed by atoms with Crippen molar-refractivity contribution in [3.63, 3.8) is 0 Å². The van der Waals surface area contributed by atoms with E-state index in [2.05, 4.69) is 55.4 Å². The third kappa shape index (κ3) is 20.6. The zero-order valence-electron chi connectivity index (χ0n) is 18.7. The second-order valence-electron chi connectivity index (χ2n) is 6.50. The maximum atomic E-state index is 5.29. The Hall–Kier alpha value is 2.25. The first-order valence-corrected chi connectivity index (χ1v) is 15.0. The molecule has 0 fully saturated rings. The maximum absolute atomic E-state index is 5.29. The SMILES string of the molecule is CCC(C)S/C([S-])=C(/[S-])SC(C)CC.CCC(C)S/C([S-])=C(/[S-])SC(C)CC.[Ni]. The molecule has 0 nitrogen and oxygen atoms in total. The van der Waals surface area contributed by atoms with Crippen LogP contribution in [0.5, 0.6) is 0 Å². The average Bonchev–Trinajstić information content (AvgIpc) is 2.67. The largest absolute Gasteiger partial charge is 0.774 e. The van der Waals surface area contributed by atoms with Crippen LogP contribution in [0.2, 0.25) is 0 Å². The fraction of sp³-hybridized carbons (Fsp3) is 0.800. The molecule has 0 saturated carbocycles. The van der Waals surface area contributed by atoms with E-state index >= 15 is 0 Å². The first kappa shape index (κ1) is 35.8. The molecule has 0 amide bonds. The number of rotatable bonds is 12. The van der Waals surface area contributed by atoms with Crippen LogP contribution >= 0.6 is 47.0 Å². The van der Waals surface area contributed by atoms with E-state index in [0.717, 1.165) is 42.6 Å². The van der Waals surface area contributed by atoms with E-state index in [1.165, 1.54) is 0 Å². The summed E-state index contributed by atoms with van der Waals surface area (Å²) in [6, 6.07) is 0. The van der Waals surface area contributed by atoms with Gasteiger partial charge in [0.15, 0.2) is 0 Å². The van der Waals surface area contributed by atoms with Crippen LogP contribution in [0.25, 0.3) is 0 Å². The monoisotopic (exact) mass is 590 g/mol. The Morgan fingerprint density at radius 3 is 0.724 bits per heavy atom. The molecule has 9 heteroatoms. The quantitative estimate of drug-likeness (QED) is 0.162. The summed E-state index contributed by atoms with van der Waals surface area (Å²) >= 11 is 28.1. The van der Waals surface area contributed by atoms with E-state index in [1.54, 1.807) is 47.0 Å². The Morgan fingerprint density at radius 2 is 0.621 bits per heavy atom. The zero-order valence-corrected chi connectivity index (χ0v) is 26.2. The van der Waals surface area contributed by atoms with Crippen molar-refractivity contribution in [2.24, 2.45) is 0 Å². The van der Waals surface area contributed by atoms with E-state index in [9.17, 15) is 0 Å². The summed E-state index contributed by atoms with van der Waals surface area (Å²) < 4.78 is 3.61. The zero-order chi connectivity index (χ0) is 22.3. The van der Waals surface area contributed by atoms with Gasteiger partial charge >= 0.3 is 0 Å². The Kier molecular flexibility index (Phi) is 27.3. The molecule has 0 bridgehead atoms. The second kappa shape index (κ2) is 22.1. The van der Waals surface area contributed by atoms with Crippen molar-refractivity contribution in [3.05, 3.63) is 16.9 Å². The molecular formula is C20H36NiS8-4. The molecule has 0 aromatic heterocycles. The molecule has 0 rings (SSSR count). The van der Waals surface area contributed by atoms with Gasteiger partial charge in [-0.1, -0.05) is 55.4 Å². The minimum atomic E-state index is 0. The number of hydrogen-bond acceptors (Lipinski definition) is 8. The Labute approximate surface area is 230 Å². The normalized spacial score (nSPS) is 16.8. The summed E-state index contributed by atoms with van der Waals surface area (Å²) in [5, 5.41) is 2.33. The molecule has 4 atom stereocenters. The molecule has 178 valence electrons. The second-order valence-corrected chi connectivity index (χ2v) is 15.0. The van der Waals surface area contributed by atoms with Crippen molar-refractivity contribution >= 4 is 97.6 Å². The summed E-state index contributed by atoms with van der Waals surface area (Å²) in [5.74, 6) is 0. The molecule has 0 heterocycles. The molecule has 0 saturated heterocycles. The Morgan fingerprint density at radius 1 is 0.483 bits per heavy atom. The fourth-order valence-corrected chi connectivity index (χ4v) is 6.90. The van der Waals surface area contributed by atoms with Crippen LogP contribution in [0.4, 0.5) is 0 Å². The first-order valence-electron chi connectivity index (χ1n) is 9.85. The summed E-state index contributed by atoms with van der Waals surface area (Å²) in [5.41, 5.74) is 0. The summed E-state index contributed by atoms with van der Waals surface area (Å²) in [6.07, 6.45) is 4.56. The minimum Gasteiger partial charge on any atom is -0.774 e. The van der Waals surface area contributed by atoms with E-state index < -0.39 is 0 Å². The van der Waals surface area contributed by atoms with Gasteiger partial charge in [-0.15, -0.1) is 0 Å². The summed E-state index contributed by atoms with van der Waals surface area (Å²) in [7, 11) is 0. The van der Waals surface area contributed by atoms with E-state index in [1.807, 2.05) is 0 Å². The van der Waals surface area contributed by atoms with Crippen molar-refractivity contribution in [1.82, 2.24) is 0 Å². The van der Waals surface area contributed by atoms with Gasteiger partial charge in [-0.25, -0.2) is 0 Å². The average molecular weight is 592 g/mol. The number of thioether (sulfide) groups is 4. The van der Waals surface area contributed by atoms with Gasteiger partial charge in [-0.3, -0.25) is 0 Å². The van der Waals surface area contributed by atoms with Crippen LogP contribution in [0, 0.1) is 0 Å². The first-order chi connectivity index (χ1) is 13.0. The Bertz CT molecular complexity index is 385. The van der Waals surface area contributed by atoms with Crippen LogP contribution < -0.4 is 0 Å². The van der Waals surface area contributed by atoms with E-state index in [-0.39, 0.29) is 16.5 Å². The van der Waals surface area contributed by atoms with Gasteiger partial charge in [0.25, 0.3) is 0 Å². The van der Waals surface area contributed by atoms with Gasteiger partial charge in [-0.05, 0) is 25.7 Å². The van der Waals surface area contributed by atoms with E-state index in [4.69, 9.17) is 50.5 Å². The molecule has 0 aromatic carbocycles. The maximum Gasteiger partial charge on any atom is 0.00423 e. The van der Waals surface area contributed by atoms with Crippen LogP contribution in [0.15, 0.2) is 16.9 Å². The molecule has 0 radical (unpaired) electrons. The molecule has 4 unspecified atom stereocenters. The van der Waals surface area contributed by atoms with E-state index in [0.29, 0.717) is 21.0 Å². The van der Waals surface area contributed by atoms with Crippen LogP contribution in [-0.2, 0) is 67.0 Å². The summed E-state index contributed by atoms with van der Waals surface area (Å²) in [4.78, 5) is 0. The molecular weight excluding hydrogens is 555 g/mol. The van der Waals surface area contributed by atoms with Gasteiger partial charge < -0.3 is 50.5 Å². The van der Waals surface area contributed by atoms with Crippen LogP contribution in [0.1, 0.15) is 81.1 Å². The molecule has 0 N–H and O–H groups in total. The van der Waals surface area contributed by atoms with Gasteiger partial charge in [0.2, 0.25) is 0 Å². The van der Waals surface area contributed by atoms with Gasteiger partial charge in [-0.2, -0.15) is 64.0 Å². The minimum absolute atomic E-state index is 0. The molecule has 29 heavy (non-hydrogen) atoms. The van der Waals surface area contributed by atoms with Gasteiger partial charge in [0.1, 0.15) is 0 Å². The molecule has 0 aliphatic rings. The third-order valence-corrected chi connectivity index (χ3v) is 11.5. The van der Waals surface area contributed by atoms with Crippen molar-refractivity contribution in [1.29, 1.82) is 0 Å². The molecule has 0 spiro atoms. The van der Waals surface area contributed by atoms with Gasteiger partial charge in [0, 0.05) is 37.5 Å². The molecule has 0 aliphatic carbocycles. The smallest absolute Gasteiger partial charge is 0.00423 e. The van der Waals surface area contributed by atoms with Crippen molar-refractivity contribution in [3.8, 4) is 0 Å². The Balaban J connectivity index is -0.000000451. The van der Waals surface area contributed by atoms with Crippen LogP contribution in [-0.4, -0.2) is 21.0 Å². The molecule has 0 aromatic rings.